The summed E-state index contributed by atoms with van der Waals surface area (Å²) in [7, 11) is 0. The molecule has 0 aliphatic heterocycles. The minimum atomic E-state index is -1.61. The van der Waals surface area contributed by atoms with Gasteiger partial charge in [0.2, 0.25) is 3.79 Å². The molecule has 6 heteroatoms. The van der Waals surface area contributed by atoms with Gasteiger partial charge in [0, 0.05) is 25.6 Å². The maximum Gasteiger partial charge on any atom is 0.328 e. The van der Waals surface area contributed by atoms with Gasteiger partial charge in [-0.25, -0.2) is 4.79 Å². The normalized spacial score (nSPS) is 11.1. The van der Waals surface area contributed by atoms with E-state index in [1.165, 1.54) is 0 Å². The van der Waals surface area contributed by atoms with Crippen LogP contribution in [0.25, 0.3) is 0 Å². The molecule has 10 heavy (non-hydrogen) atoms. The van der Waals surface area contributed by atoms with Crippen LogP contribution in [0.15, 0.2) is 12.2 Å². The second-order valence-corrected chi connectivity index (χ2v) is 3.58. The quantitative estimate of drug-likeness (QED) is 0.442. The van der Waals surface area contributed by atoms with Crippen LogP contribution >= 0.6 is 34.8 Å². The van der Waals surface area contributed by atoms with Gasteiger partial charge in [-0.3, -0.25) is 0 Å². The van der Waals surface area contributed by atoms with Crippen LogP contribution in [0.3, 0.4) is 0 Å². The molecule has 0 aromatic heterocycles. The number of allylic oxidation sites excluding steroid dienone is 1. The summed E-state index contributed by atoms with van der Waals surface area (Å²) in [6.45, 7) is 0. The van der Waals surface area contributed by atoms with E-state index >= 15 is 0 Å². The summed E-state index contributed by atoms with van der Waals surface area (Å²) in [5.74, 6) is -1.14. The summed E-state index contributed by atoms with van der Waals surface area (Å²) in [6.07, 6.45) is 1.73. The Morgan fingerprint density at radius 2 is 1.80 bits per heavy atom. The number of aliphatic carboxylic acids is 1. The third kappa shape index (κ3) is 11.5. The number of hydrogen-bond acceptors (Lipinski definition) is 1. The van der Waals surface area contributed by atoms with Gasteiger partial charge < -0.3 is 5.11 Å². The van der Waals surface area contributed by atoms with Gasteiger partial charge in [-0.05, 0) is 6.08 Å². The minimum Gasteiger partial charge on any atom is -0.478 e. The molecule has 0 amide bonds. The van der Waals surface area contributed by atoms with Crippen LogP contribution in [0.4, 0.5) is 0 Å². The van der Waals surface area contributed by atoms with Crippen molar-refractivity contribution in [2.75, 3.05) is 0 Å². The fourth-order valence-corrected chi connectivity index (χ4v) is 0.355. The number of carboxylic acids is 1. The monoisotopic (exact) mass is 252 g/mol. The fraction of sp³-hybridized carbons (Fsp3) is 0.250. The Morgan fingerprint density at radius 3 is 1.90 bits per heavy atom. The third-order valence-electron chi connectivity index (χ3n) is 0.415. The fourth-order valence-electron chi connectivity index (χ4n) is 0.166. The zero-order valence-electron chi connectivity index (χ0n) is 4.85. The third-order valence-corrected chi connectivity index (χ3v) is 0.793. The maximum atomic E-state index is 9.78. The minimum absolute atomic E-state index is 0. The summed E-state index contributed by atoms with van der Waals surface area (Å²) in [4.78, 5) is 9.78. The van der Waals surface area contributed by atoms with Crippen LogP contribution in [0.2, 0.25) is 0 Å². The predicted molar refractivity (Wildman–Crippen MR) is 37.1 cm³/mol. The topological polar surface area (TPSA) is 37.3 Å². The van der Waals surface area contributed by atoms with Crippen molar-refractivity contribution in [3.05, 3.63) is 12.2 Å². The average Bonchev–Trinajstić information content (AvgIpc) is 1.59. The zero-order valence-corrected chi connectivity index (χ0v) is 10.1. The number of alkyl halides is 3. The molecule has 0 aromatic carbocycles. The summed E-state index contributed by atoms with van der Waals surface area (Å²) in [5, 5.41) is 8.01. The van der Waals surface area contributed by atoms with E-state index in [1.54, 1.807) is 0 Å². The van der Waals surface area contributed by atoms with Crippen molar-refractivity contribution in [3.8, 4) is 0 Å². The number of carboxylic acid groups (broad SMARTS) is 1. The molecule has 0 bridgehead atoms. The number of hydrogen-bond donors (Lipinski definition) is 1. The molecule has 0 aliphatic carbocycles. The summed E-state index contributed by atoms with van der Waals surface area (Å²) in [6, 6.07) is 0. The van der Waals surface area contributed by atoms with Crippen LogP contribution in [0.1, 0.15) is 0 Å². The van der Waals surface area contributed by atoms with E-state index in [0.717, 1.165) is 12.2 Å². The second-order valence-electron chi connectivity index (χ2n) is 1.21. The first-order valence-corrected chi connectivity index (χ1v) is 3.04. The summed E-state index contributed by atoms with van der Waals surface area (Å²) >= 11 is 15.5. The molecule has 2 nitrogen and oxygen atoms in total. The number of rotatable bonds is 1. The second kappa shape index (κ2) is 5.37. The molecule has 0 atom stereocenters. The maximum absolute atomic E-state index is 9.78. The van der Waals surface area contributed by atoms with Gasteiger partial charge in [0.25, 0.3) is 0 Å². The molecular weight excluding hydrogens is 252 g/mol. The zero-order chi connectivity index (χ0) is 7.49. The molecule has 0 aliphatic rings. The van der Waals surface area contributed by atoms with E-state index in [4.69, 9.17) is 39.9 Å². The summed E-state index contributed by atoms with van der Waals surface area (Å²) < 4.78 is -1.61. The molecule has 0 spiro atoms. The van der Waals surface area contributed by atoms with Gasteiger partial charge in [-0.1, -0.05) is 34.8 Å². The molecule has 0 saturated heterocycles. The van der Waals surface area contributed by atoms with Gasteiger partial charge in [0.1, 0.15) is 0 Å². The molecule has 0 aromatic rings. The molecule has 1 N–H and O–H groups in total. The van der Waals surface area contributed by atoms with E-state index in [0.29, 0.717) is 0 Å². The summed E-state index contributed by atoms with van der Waals surface area (Å²) in [5.41, 5.74) is 0. The van der Waals surface area contributed by atoms with Crippen LogP contribution in [-0.2, 0) is 24.3 Å². The van der Waals surface area contributed by atoms with E-state index < -0.39 is 9.76 Å². The van der Waals surface area contributed by atoms with Crippen molar-refractivity contribution in [2.45, 2.75) is 3.79 Å². The number of carbonyl (C=O) groups is 1. The standard InChI is InChI=1S/C4H3Cl3O2.Zn/c5-4(6,7)2-1-3(8)9;/h1-2H,(H,8,9);/b2-1+;. The van der Waals surface area contributed by atoms with E-state index in [1.807, 2.05) is 0 Å². The van der Waals surface area contributed by atoms with Gasteiger partial charge >= 0.3 is 5.97 Å². The van der Waals surface area contributed by atoms with Crippen molar-refractivity contribution in [1.82, 2.24) is 0 Å². The van der Waals surface area contributed by atoms with Crippen molar-refractivity contribution < 1.29 is 29.4 Å². The molecule has 0 unspecified atom stereocenters. The molecule has 0 radical (unpaired) electrons. The van der Waals surface area contributed by atoms with E-state index in [-0.39, 0.29) is 19.5 Å². The van der Waals surface area contributed by atoms with Gasteiger partial charge in [-0.2, -0.15) is 0 Å². The van der Waals surface area contributed by atoms with Crippen LogP contribution in [0, 0.1) is 0 Å². The first kappa shape index (κ1) is 13.3. The molecule has 0 fully saturated rings. The van der Waals surface area contributed by atoms with Gasteiger partial charge in [0.05, 0.1) is 0 Å². The Morgan fingerprint density at radius 1 is 1.40 bits per heavy atom. The van der Waals surface area contributed by atoms with Crippen molar-refractivity contribution in [1.29, 1.82) is 0 Å². The Balaban J connectivity index is 0. The van der Waals surface area contributed by atoms with Crippen molar-refractivity contribution in [2.24, 2.45) is 0 Å². The average molecular weight is 255 g/mol. The first-order chi connectivity index (χ1) is 3.92. The van der Waals surface area contributed by atoms with Crippen LogP contribution in [-0.4, -0.2) is 14.9 Å². The molecule has 0 saturated carbocycles. The van der Waals surface area contributed by atoms with E-state index in [9.17, 15) is 4.79 Å². The molecule has 0 rings (SSSR count). The smallest absolute Gasteiger partial charge is 0.328 e. The van der Waals surface area contributed by atoms with Crippen LogP contribution < -0.4 is 0 Å². The first-order valence-electron chi connectivity index (χ1n) is 1.91. The molecular formula is C4H3Cl3O2Zn. The Hall–Kier alpha value is 0.703. The van der Waals surface area contributed by atoms with Gasteiger partial charge in [-0.15, -0.1) is 0 Å². The van der Waals surface area contributed by atoms with Crippen LogP contribution in [0.5, 0.6) is 0 Å². The van der Waals surface area contributed by atoms with Crippen molar-refractivity contribution in [3.63, 3.8) is 0 Å². The Kier molecular flexibility index (Phi) is 7.14. The molecule has 0 heterocycles. The molecule has 54 valence electrons. The Bertz CT molecular complexity index is 140. The SMILES string of the molecule is O=C(O)/C=C/C(Cl)(Cl)Cl.[Zn]. The van der Waals surface area contributed by atoms with Crippen molar-refractivity contribution >= 4 is 40.8 Å². The predicted octanol–water partition coefficient (Wildman–Crippen LogP) is 1.99. The Labute approximate surface area is 85.9 Å². The largest absolute Gasteiger partial charge is 0.478 e. The van der Waals surface area contributed by atoms with E-state index in [2.05, 4.69) is 0 Å². The number of halogens is 3. The van der Waals surface area contributed by atoms with Gasteiger partial charge in [0.15, 0.2) is 0 Å².